The van der Waals surface area contributed by atoms with Crippen LogP contribution < -0.4 is 10.6 Å². The predicted molar refractivity (Wildman–Crippen MR) is 107 cm³/mol. The lowest BCUT2D eigenvalue weighted by atomic mass is 9.89. The number of aliphatic hydroxyl groups is 1. The largest absolute Gasteiger partial charge is 0.392 e. The number of nitrogens with zero attached hydrogens (tertiary/aromatic N) is 1. The van der Waals surface area contributed by atoms with Crippen LogP contribution in [0.15, 0.2) is 41.4 Å². The lowest BCUT2D eigenvalue weighted by molar-refractivity contribution is 0.275. The van der Waals surface area contributed by atoms with E-state index in [1.165, 1.54) is 48.4 Å². The van der Waals surface area contributed by atoms with Gasteiger partial charge in [0.05, 0.1) is 12.6 Å². The molecule has 0 spiro atoms. The molecule has 1 atom stereocenters. The van der Waals surface area contributed by atoms with Crippen molar-refractivity contribution >= 4 is 5.96 Å². The zero-order valence-corrected chi connectivity index (χ0v) is 16.1. The molecule has 0 saturated heterocycles. The fourth-order valence-electron chi connectivity index (χ4n) is 3.55. The van der Waals surface area contributed by atoms with E-state index in [2.05, 4.69) is 40.7 Å². The van der Waals surface area contributed by atoms with Gasteiger partial charge in [-0.15, -0.1) is 0 Å². The van der Waals surface area contributed by atoms with E-state index in [0.717, 1.165) is 5.56 Å². The summed E-state index contributed by atoms with van der Waals surface area (Å²) in [5, 5.41) is 15.9. The number of benzene rings is 2. The number of aliphatic imine (C=N–C) groups is 1. The van der Waals surface area contributed by atoms with Crippen LogP contribution in [0.4, 0.5) is 4.39 Å². The Morgan fingerprint density at radius 3 is 2.67 bits per heavy atom. The minimum absolute atomic E-state index is 0.129. The average molecular weight is 369 g/mol. The molecule has 3 N–H and O–H groups in total. The molecule has 1 aliphatic carbocycles. The first-order chi connectivity index (χ1) is 13.1. The third-order valence-corrected chi connectivity index (χ3v) is 5.19. The van der Waals surface area contributed by atoms with E-state index in [4.69, 9.17) is 0 Å². The summed E-state index contributed by atoms with van der Waals surface area (Å²) < 4.78 is 13.5. The molecule has 2 aromatic rings. The van der Waals surface area contributed by atoms with Crippen LogP contribution in [0.1, 0.15) is 53.6 Å². The number of guanidine groups is 1. The minimum Gasteiger partial charge on any atom is -0.392 e. The van der Waals surface area contributed by atoms with E-state index >= 15 is 0 Å². The van der Waals surface area contributed by atoms with Gasteiger partial charge in [-0.1, -0.05) is 24.3 Å². The van der Waals surface area contributed by atoms with Crippen LogP contribution in [0, 0.1) is 5.82 Å². The third-order valence-electron chi connectivity index (χ3n) is 5.19. The molecular weight excluding hydrogens is 341 g/mol. The van der Waals surface area contributed by atoms with Crippen LogP contribution in [-0.4, -0.2) is 18.1 Å². The Kier molecular flexibility index (Phi) is 6.45. The smallest absolute Gasteiger partial charge is 0.191 e. The Hall–Kier alpha value is -2.40. The molecule has 1 aliphatic rings. The first kappa shape index (κ1) is 19.4. The second kappa shape index (κ2) is 9.00. The highest BCUT2D eigenvalue weighted by atomic mass is 19.1. The molecule has 4 nitrogen and oxygen atoms in total. The normalized spacial score (nSPS) is 15.2. The van der Waals surface area contributed by atoms with Gasteiger partial charge in [0.1, 0.15) is 5.82 Å². The van der Waals surface area contributed by atoms with Gasteiger partial charge in [-0.2, -0.15) is 0 Å². The van der Waals surface area contributed by atoms with Crippen LogP contribution in [-0.2, 0) is 26.0 Å². The lowest BCUT2D eigenvalue weighted by Crippen LogP contribution is -2.38. The summed E-state index contributed by atoms with van der Waals surface area (Å²) in [7, 11) is 1.73. The summed E-state index contributed by atoms with van der Waals surface area (Å²) in [6.07, 6.45) is 4.92. The second-order valence-electron chi connectivity index (χ2n) is 7.11. The fourth-order valence-corrected chi connectivity index (χ4v) is 3.55. The van der Waals surface area contributed by atoms with Gasteiger partial charge in [0, 0.05) is 19.2 Å². The summed E-state index contributed by atoms with van der Waals surface area (Å²) in [5.41, 5.74) is 5.40. The standard InChI is InChI=1S/C22H28FN3O/c1-15(18-9-8-17-5-3-4-6-19(17)12-18)26-22(24-2)25-13-16-7-10-21(23)20(11-16)14-27/h7-12,15,27H,3-6,13-14H2,1-2H3,(H2,24,25,26). The van der Waals surface area contributed by atoms with E-state index in [-0.39, 0.29) is 18.5 Å². The van der Waals surface area contributed by atoms with Crippen LogP contribution >= 0.6 is 0 Å². The van der Waals surface area contributed by atoms with Crippen molar-refractivity contribution in [3.63, 3.8) is 0 Å². The molecule has 27 heavy (non-hydrogen) atoms. The predicted octanol–water partition coefficient (Wildman–Crippen LogP) is 3.62. The molecule has 0 aromatic heterocycles. The molecule has 3 rings (SSSR count). The van der Waals surface area contributed by atoms with E-state index in [1.807, 2.05) is 0 Å². The van der Waals surface area contributed by atoms with E-state index in [1.54, 1.807) is 19.2 Å². The summed E-state index contributed by atoms with van der Waals surface area (Å²) in [4.78, 5) is 4.29. The Labute approximate surface area is 160 Å². The van der Waals surface area contributed by atoms with Gasteiger partial charge in [-0.3, -0.25) is 4.99 Å². The average Bonchev–Trinajstić information content (AvgIpc) is 2.71. The SMILES string of the molecule is CN=C(NCc1ccc(F)c(CO)c1)NC(C)c1ccc2c(c1)CCCC2. The first-order valence-electron chi connectivity index (χ1n) is 9.57. The highest BCUT2D eigenvalue weighted by Crippen LogP contribution is 2.24. The maximum absolute atomic E-state index is 13.5. The number of nitrogens with one attached hydrogen (secondary N) is 2. The number of hydrogen-bond donors (Lipinski definition) is 3. The zero-order valence-electron chi connectivity index (χ0n) is 16.1. The molecule has 2 aromatic carbocycles. The highest BCUT2D eigenvalue weighted by molar-refractivity contribution is 5.80. The number of aryl methyl sites for hydroxylation is 2. The molecule has 144 valence electrons. The van der Waals surface area contributed by atoms with Gasteiger partial charge in [0.15, 0.2) is 5.96 Å². The van der Waals surface area contributed by atoms with Gasteiger partial charge in [0.2, 0.25) is 0 Å². The molecular formula is C22H28FN3O. The summed E-state index contributed by atoms with van der Waals surface area (Å²) in [6, 6.07) is 11.7. The number of hydrogen-bond acceptors (Lipinski definition) is 2. The summed E-state index contributed by atoms with van der Waals surface area (Å²) in [5.74, 6) is 0.305. The van der Waals surface area contributed by atoms with Gasteiger partial charge in [-0.05, 0) is 67.0 Å². The topological polar surface area (TPSA) is 56.7 Å². The first-order valence-corrected chi connectivity index (χ1v) is 9.57. The van der Waals surface area contributed by atoms with E-state index < -0.39 is 0 Å². The van der Waals surface area contributed by atoms with Gasteiger partial charge < -0.3 is 15.7 Å². The van der Waals surface area contributed by atoms with Gasteiger partial charge in [-0.25, -0.2) is 4.39 Å². The van der Waals surface area contributed by atoms with Crippen molar-refractivity contribution in [2.75, 3.05) is 7.05 Å². The Balaban J connectivity index is 1.61. The monoisotopic (exact) mass is 369 g/mol. The Morgan fingerprint density at radius 1 is 1.15 bits per heavy atom. The zero-order chi connectivity index (χ0) is 19.2. The molecule has 0 heterocycles. The van der Waals surface area contributed by atoms with Crippen molar-refractivity contribution in [1.29, 1.82) is 0 Å². The third kappa shape index (κ3) is 4.86. The second-order valence-corrected chi connectivity index (χ2v) is 7.11. The van der Waals surface area contributed by atoms with Crippen molar-refractivity contribution in [1.82, 2.24) is 10.6 Å². The molecule has 0 aliphatic heterocycles. The van der Waals surface area contributed by atoms with Gasteiger partial charge >= 0.3 is 0 Å². The molecule has 5 heteroatoms. The Bertz CT molecular complexity index is 819. The highest BCUT2D eigenvalue weighted by Gasteiger charge is 2.13. The van der Waals surface area contributed by atoms with Crippen molar-refractivity contribution < 1.29 is 9.50 Å². The van der Waals surface area contributed by atoms with Crippen molar-refractivity contribution in [2.24, 2.45) is 4.99 Å². The quantitative estimate of drug-likeness (QED) is 0.557. The molecule has 0 amide bonds. The van der Waals surface area contributed by atoms with Crippen molar-refractivity contribution in [3.8, 4) is 0 Å². The molecule has 0 saturated carbocycles. The lowest BCUT2D eigenvalue weighted by Gasteiger charge is -2.21. The maximum Gasteiger partial charge on any atom is 0.191 e. The molecule has 0 radical (unpaired) electrons. The number of rotatable bonds is 5. The van der Waals surface area contributed by atoms with E-state index in [0.29, 0.717) is 18.1 Å². The van der Waals surface area contributed by atoms with Gasteiger partial charge in [0.25, 0.3) is 0 Å². The number of fused-ring (bicyclic) bond motifs is 1. The van der Waals surface area contributed by atoms with Crippen LogP contribution in [0.5, 0.6) is 0 Å². The Morgan fingerprint density at radius 2 is 1.93 bits per heavy atom. The van der Waals surface area contributed by atoms with E-state index in [9.17, 15) is 9.50 Å². The van der Waals surface area contributed by atoms with Crippen LogP contribution in [0.2, 0.25) is 0 Å². The molecule has 0 bridgehead atoms. The number of halogens is 1. The molecule has 1 unspecified atom stereocenters. The maximum atomic E-state index is 13.5. The van der Waals surface area contributed by atoms with Crippen LogP contribution in [0.25, 0.3) is 0 Å². The van der Waals surface area contributed by atoms with Crippen molar-refractivity contribution in [3.05, 3.63) is 70.0 Å². The summed E-state index contributed by atoms with van der Waals surface area (Å²) >= 11 is 0. The van der Waals surface area contributed by atoms with Crippen LogP contribution in [0.3, 0.4) is 0 Å². The van der Waals surface area contributed by atoms with Crippen molar-refractivity contribution in [2.45, 2.75) is 51.8 Å². The summed E-state index contributed by atoms with van der Waals surface area (Å²) in [6.45, 7) is 2.32. The minimum atomic E-state index is -0.384. The molecule has 0 fully saturated rings. The fraction of sp³-hybridized carbons (Fsp3) is 0.409. The number of aliphatic hydroxyl groups excluding tert-OH is 1.